The summed E-state index contributed by atoms with van der Waals surface area (Å²) in [4.78, 5) is 9.02. The second-order valence-electron chi connectivity index (χ2n) is 10.7. The first-order chi connectivity index (χ1) is 17.2. The zero-order valence-electron chi connectivity index (χ0n) is 24.9. The maximum atomic E-state index is 7.64. The summed E-state index contributed by atoms with van der Waals surface area (Å²) in [6, 6.07) is 19.8. The van der Waals surface area contributed by atoms with Crippen LogP contribution in [-0.4, -0.2) is 26.1 Å². The number of benzene rings is 2. The molecule has 0 spiro atoms. The molecule has 35 heavy (non-hydrogen) atoms. The van der Waals surface area contributed by atoms with Crippen LogP contribution in [-0.2, 0) is 20.1 Å². The van der Waals surface area contributed by atoms with Crippen molar-refractivity contribution in [2.75, 3.05) is 0 Å². The van der Waals surface area contributed by atoms with E-state index in [1.165, 1.54) is 27.6 Å². The molecule has 0 aliphatic rings. The molecule has 0 aliphatic heterocycles. The maximum Gasteiger partial charge on any atom is 0.0798 e. The molecule has 2 nitrogen and oxygen atoms in total. The standard InChI is InChI=1S/C16H20NSi.C14H16NSi.Ir/c1-12-7-6-8-14(9-12)15-10-13(2)16(11-17-15)18(3,4)5;1-16(2,3)13-9-10-14(15-11-13)12-7-5-4-6-8-12;/h6-7,9-11H,1-5H3;4-7,9-11H,1-3H3;/q2*-1;/i;4D,5D,6D;. The van der Waals surface area contributed by atoms with Crippen molar-refractivity contribution in [1.29, 1.82) is 0 Å². The SMILES string of the molecule is Cc1cc[c-]c(-c2cc(C)c([Si](C)(C)C)cn2)c1.[2H]c1[c-]c(-c2ccc([Si](C)(C)C)cn2)cc([2H])c1[2H].[Ir]. The van der Waals surface area contributed by atoms with E-state index in [1.807, 2.05) is 18.3 Å². The van der Waals surface area contributed by atoms with Gasteiger partial charge in [-0.05, 0) is 30.1 Å². The number of aryl methyl sites for hydroxylation is 2. The van der Waals surface area contributed by atoms with Crippen LogP contribution in [0.1, 0.15) is 15.2 Å². The van der Waals surface area contributed by atoms with Gasteiger partial charge in [0.25, 0.3) is 0 Å². The van der Waals surface area contributed by atoms with Crippen LogP contribution < -0.4 is 10.4 Å². The molecule has 0 saturated heterocycles. The molecule has 0 bridgehead atoms. The number of pyridine rings is 2. The first-order valence-electron chi connectivity index (χ1n) is 13.1. The molecule has 2 heterocycles. The number of nitrogens with zero attached hydrogens (tertiary/aromatic N) is 2. The Kier molecular flexibility index (Phi) is 8.53. The van der Waals surface area contributed by atoms with Gasteiger partial charge in [-0.15, -0.1) is 71.2 Å². The summed E-state index contributed by atoms with van der Waals surface area (Å²) < 4.78 is 22.7. The number of hydrogen-bond donors (Lipinski definition) is 0. The van der Waals surface area contributed by atoms with Gasteiger partial charge in [-0.1, -0.05) is 70.0 Å². The summed E-state index contributed by atoms with van der Waals surface area (Å²) in [6.45, 7) is 18.1. The van der Waals surface area contributed by atoms with Gasteiger partial charge in [-0.2, -0.15) is 0 Å². The van der Waals surface area contributed by atoms with Crippen LogP contribution in [0.4, 0.5) is 0 Å². The Morgan fingerprint density at radius 3 is 2.00 bits per heavy atom. The maximum absolute atomic E-state index is 7.64. The van der Waals surface area contributed by atoms with Crippen LogP contribution in [0.3, 0.4) is 0 Å². The Balaban J connectivity index is 0.000000260. The summed E-state index contributed by atoms with van der Waals surface area (Å²) >= 11 is 0. The minimum absolute atomic E-state index is 0. The summed E-state index contributed by atoms with van der Waals surface area (Å²) in [7, 11) is -2.65. The Morgan fingerprint density at radius 2 is 1.46 bits per heavy atom. The van der Waals surface area contributed by atoms with E-state index >= 15 is 0 Å². The van der Waals surface area contributed by atoms with Gasteiger partial charge in [0.05, 0.1) is 16.1 Å². The first kappa shape index (κ1) is 24.5. The summed E-state index contributed by atoms with van der Waals surface area (Å²) in [5.41, 5.74) is 6.02. The molecule has 2 aromatic carbocycles. The van der Waals surface area contributed by atoms with Crippen molar-refractivity contribution in [3.63, 3.8) is 0 Å². The number of rotatable bonds is 4. The Morgan fingerprint density at radius 1 is 0.743 bits per heavy atom. The van der Waals surface area contributed by atoms with Gasteiger partial charge >= 0.3 is 0 Å². The van der Waals surface area contributed by atoms with Crippen molar-refractivity contribution in [2.45, 2.75) is 53.1 Å². The van der Waals surface area contributed by atoms with E-state index in [-0.39, 0.29) is 38.2 Å². The van der Waals surface area contributed by atoms with Crippen molar-refractivity contribution in [3.8, 4) is 22.5 Å². The molecule has 0 fully saturated rings. The zero-order valence-corrected chi connectivity index (χ0v) is 26.3. The van der Waals surface area contributed by atoms with E-state index in [1.54, 1.807) is 0 Å². The minimum atomic E-state index is -1.36. The third-order valence-corrected chi connectivity index (χ3v) is 9.77. The fraction of sp³-hybridized carbons (Fsp3) is 0.267. The zero-order chi connectivity index (χ0) is 27.5. The normalized spacial score (nSPS) is 12.4. The van der Waals surface area contributed by atoms with E-state index in [0.717, 1.165) is 11.3 Å². The van der Waals surface area contributed by atoms with Gasteiger partial charge < -0.3 is 9.97 Å². The summed E-state index contributed by atoms with van der Waals surface area (Å²) in [5, 5.41) is 2.71. The van der Waals surface area contributed by atoms with Crippen molar-refractivity contribution < 1.29 is 24.2 Å². The van der Waals surface area contributed by atoms with Crippen LogP contribution in [0.15, 0.2) is 73.0 Å². The Hall–Kier alpha value is -2.18. The van der Waals surface area contributed by atoms with Crippen molar-refractivity contribution >= 4 is 26.5 Å². The molecule has 0 amide bonds. The molecule has 0 atom stereocenters. The second kappa shape index (κ2) is 12.2. The van der Waals surface area contributed by atoms with Gasteiger partial charge in [-0.25, -0.2) is 0 Å². The molecule has 0 N–H and O–H groups in total. The number of aromatic nitrogens is 2. The molecule has 1 radical (unpaired) electrons. The third kappa shape index (κ3) is 8.18. The van der Waals surface area contributed by atoms with E-state index in [4.69, 9.17) is 4.11 Å². The third-order valence-electron chi connectivity index (χ3n) is 5.61. The molecule has 5 heteroatoms. The van der Waals surface area contributed by atoms with Gasteiger partial charge in [-0.3, -0.25) is 0 Å². The Labute approximate surface area is 231 Å². The van der Waals surface area contributed by atoms with Crippen LogP contribution >= 0.6 is 0 Å². The molecular weight excluding hydrogens is 637 g/mol. The molecule has 0 saturated carbocycles. The average molecular weight is 676 g/mol. The largest absolute Gasteiger partial charge is 0.305 e. The average Bonchev–Trinajstić information content (AvgIpc) is 2.81. The molecule has 2 aromatic heterocycles. The molecule has 185 valence electrons. The van der Waals surface area contributed by atoms with Gasteiger partial charge in [0.15, 0.2) is 0 Å². The van der Waals surface area contributed by atoms with Crippen LogP contribution in [0.2, 0.25) is 39.3 Å². The monoisotopic (exact) mass is 676 g/mol. The predicted molar refractivity (Wildman–Crippen MR) is 152 cm³/mol. The Bertz CT molecular complexity index is 1370. The van der Waals surface area contributed by atoms with Gasteiger partial charge in [0, 0.05) is 35.2 Å². The predicted octanol–water partition coefficient (Wildman–Crippen LogP) is 6.80. The topological polar surface area (TPSA) is 25.8 Å². The minimum Gasteiger partial charge on any atom is -0.305 e. The van der Waals surface area contributed by atoms with E-state index in [9.17, 15) is 0 Å². The van der Waals surface area contributed by atoms with E-state index in [0.29, 0.717) is 11.3 Å². The molecule has 0 unspecified atom stereocenters. The summed E-state index contributed by atoms with van der Waals surface area (Å²) in [5.74, 6) is 0. The van der Waals surface area contributed by atoms with Crippen LogP contribution in [0, 0.1) is 26.0 Å². The molecular formula is C30H36IrN2Si2-2. The first-order valence-corrected chi connectivity index (χ1v) is 18.6. The molecule has 4 aromatic rings. The van der Waals surface area contributed by atoms with Crippen LogP contribution in [0.5, 0.6) is 0 Å². The fourth-order valence-electron chi connectivity index (χ4n) is 3.63. The van der Waals surface area contributed by atoms with Crippen molar-refractivity contribution in [2.24, 2.45) is 0 Å². The second-order valence-corrected chi connectivity index (χ2v) is 20.8. The van der Waals surface area contributed by atoms with E-state index in [2.05, 4.69) is 106 Å². The molecule has 4 rings (SSSR count). The van der Waals surface area contributed by atoms with Crippen molar-refractivity contribution in [3.05, 3.63) is 96.2 Å². The van der Waals surface area contributed by atoms with E-state index < -0.39 is 16.1 Å². The summed E-state index contributed by atoms with van der Waals surface area (Å²) in [6.07, 6.45) is 3.93. The molecule has 0 aliphatic carbocycles. The van der Waals surface area contributed by atoms with Gasteiger partial charge in [0.2, 0.25) is 0 Å². The van der Waals surface area contributed by atoms with Crippen molar-refractivity contribution in [1.82, 2.24) is 9.97 Å². The quantitative estimate of drug-likeness (QED) is 0.176. The fourth-order valence-corrected chi connectivity index (χ4v) is 6.37. The smallest absolute Gasteiger partial charge is 0.0798 e. The number of hydrogen-bond acceptors (Lipinski definition) is 2. The van der Waals surface area contributed by atoms with Gasteiger partial charge in [0.1, 0.15) is 0 Å². The van der Waals surface area contributed by atoms with Crippen LogP contribution in [0.25, 0.3) is 22.5 Å².